The number of hydrogen-bond donors (Lipinski definition) is 2. The fraction of sp³-hybridized carbons (Fsp3) is 1.00. The third kappa shape index (κ3) is 7.33. The zero-order valence-electron chi connectivity index (χ0n) is 15.7. The zero-order chi connectivity index (χ0) is 17.8. The largest absolute Gasteiger partial charge is 0.765 e. The summed E-state index contributed by atoms with van der Waals surface area (Å²) in [5, 5.41) is 11.5. The smallest absolute Gasteiger partial charge is 0.511 e. The van der Waals surface area contributed by atoms with E-state index < -0.39 is 20.4 Å². The van der Waals surface area contributed by atoms with Crippen molar-refractivity contribution in [2.75, 3.05) is 0 Å². The van der Waals surface area contributed by atoms with Crippen molar-refractivity contribution < 1.29 is 18.8 Å². The van der Waals surface area contributed by atoms with Gasteiger partial charge in [-0.2, -0.15) is 0 Å². The quantitative estimate of drug-likeness (QED) is 0.424. The Kier molecular flexibility index (Phi) is 11.8. The highest BCUT2D eigenvalue weighted by Gasteiger charge is 2.51. The van der Waals surface area contributed by atoms with E-state index in [1.54, 1.807) is 0 Å². The minimum absolute atomic E-state index is 0.645. The fourth-order valence-electron chi connectivity index (χ4n) is 3.40. The van der Waals surface area contributed by atoms with Gasteiger partial charge in [-0.3, -0.25) is 4.46 Å². The van der Waals surface area contributed by atoms with Gasteiger partial charge < -0.3 is 14.3 Å². The highest BCUT2D eigenvalue weighted by molar-refractivity contribution is 6.24. The molecule has 0 amide bonds. The lowest BCUT2D eigenvalue weighted by atomic mass is 9.71. The molecule has 0 saturated heterocycles. The minimum atomic E-state index is -3.09. The van der Waals surface area contributed by atoms with Gasteiger partial charge in [0.25, 0.3) is 0 Å². The molecule has 0 aliphatic heterocycles. The molecule has 138 valence electrons. The van der Waals surface area contributed by atoms with Crippen LogP contribution in [0, 0.1) is 0 Å². The second-order valence-corrected chi connectivity index (χ2v) is 7.54. The van der Waals surface area contributed by atoms with E-state index in [2.05, 4.69) is 27.7 Å². The summed E-state index contributed by atoms with van der Waals surface area (Å²) in [6.07, 6.45) is 10.2. The SMILES string of the molecule is CCCCC(O)(CCCC)C(CCCC)(CCCC)O[Si](=O)O. The molecule has 0 aromatic rings. The highest BCUT2D eigenvalue weighted by Crippen LogP contribution is 2.42. The maximum atomic E-state index is 11.6. The molecule has 0 heterocycles. The van der Waals surface area contributed by atoms with E-state index in [4.69, 9.17) is 4.43 Å². The van der Waals surface area contributed by atoms with E-state index in [-0.39, 0.29) is 0 Å². The molecule has 0 unspecified atom stereocenters. The van der Waals surface area contributed by atoms with Crippen LogP contribution in [0.5, 0.6) is 0 Å². The molecule has 0 aliphatic carbocycles. The van der Waals surface area contributed by atoms with E-state index in [1.807, 2.05) is 0 Å². The summed E-state index contributed by atoms with van der Waals surface area (Å²) in [5.74, 6) is 0. The Morgan fingerprint density at radius 1 is 0.783 bits per heavy atom. The van der Waals surface area contributed by atoms with E-state index in [9.17, 15) is 14.4 Å². The van der Waals surface area contributed by atoms with Crippen LogP contribution in [0.1, 0.15) is 105 Å². The van der Waals surface area contributed by atoms with Gasteiger partial charge in [0, 0.05) is 0 Å². The molecule has 0 saturated carbocycles. The van der Waals surface area contributed by atoms with Gasteiger partial charge in [-0.25, -0.2) is 0 Å². The van der Waals surface area contributed by atoms with E-state index in [0.717, 1.165) is 51.4 Å². The van der Waals surface area contributed by atoms with Crippen LogP contribution >= 0.6 is 0 Å². The molecule has 0 spiro atoms. The van der Waals surface area contributed by atoms with Crippen molar-refractivity contribution in [2.45, 2.75) is 116 Å². The number of aliphatic hydroxyl groups is 1. The van der Waals surface area contributed by atoms with Crippen LogP contribution in [0.2, 0.25) is 0 Å². The van der Waals surface area contributed by atoms with Crippen LogP contribution in [-0.2, 0) is 8.89 Å². The van der Waals surface area contributed by atoms with E-state index in [0.29, 0.717) is 25.7 Å². The van der Waals surface area contributed by atoms with Crippen LogP contribution in [0.25, 0.3) is 0 Å². The molecular formula is C18H38O4Si. The predicted molar refractivity (Wildman–Crippen MR) is 95.5 cm³/mol. The summed E-state index contributed by atoms with van der Waals surface area (Å²) in [7, 11) is -3.09. The molecule has 0 aromatic heterocycles. The van der Waals surface area contributed by atoms with Gasteiger partial charge in [-0.15, -0.1) is 0 Å². The van der Waals surface area contributed by atoms with Crippen molar-refractivity contribution in [3.05, 3.63) is 0 Å². The first-order valence-electron chi connectivity index (χ1n) is 9.55. The van der Waals surface area contributed by atoms with Gasteiger partial charge in [-0.05, 0) is 38.5 Å². The van der Waals surface area contributed by atoms with Crippen molar-refractivity contribution in [1.29, 1.82) is 0 Å². The first-order valence-corrected chi connectivity index (χ1v) is 10.8. The van der Waals surface area contributed by atoms with E-state index in [1.165, 1.54) is 0 Å². The summed E-state index contributed by atoms with van der Waals surface area (Å²) in [5.41, 5.74) is -1.89. The topological polar surface area (TPSA) is 66.8 Å². The molecular weight excluding hydrogens is 308 g/mol. The molecule has 23 heavy (non-hydrogen) atoms. The lowest BCUT2D eigenvalue weighted by molar-refractivity contribution is -0.164. The lowest BCUT2D eigenvalue weighted by Crippen LogP contribution is -2.57. The molecule has 0 radical (unpaired) electrons. The Bertz CT molecular complexity index is 304. The van der Waals surface area contributed by atoms with Crippen molar-refractivity contribution in [3.63, 3.8) is 0 Å². The first-order chi connectivity index (χ1) is 10.9. The molecule has 0 aromatic carbocycles. The lowest BCUT2D eigenvalue weighted by Gasteiger charge is -2.47. The maximum absolute atomic E-state index is 11.6. The molecule has 2 N–H and O–H groups in total. The van der Waals surface area contributed by atoms with Gasteiger partial charge in [0.15, 0.2) is 0 Å². The van der Waals surface area contributed by atoms with Gasteiger partial charge in [-0.1, -0.05) is 66.2 Å². The number of rotatable bonds is 15. The minimum Gasteiger partial charge on any atom is -0.511 e. The Balaban J connectivity index is 5.63. The number of hydrogen-bond acceptors (Lipinski definition) is 3. The van der Waals surface area contributed by atoms with Crippen LogP contribution in [0.4, 0.5) is 0 Å². The highest BCUT2D eigenvalue weighted by atomic mass is 28.3. The Hall–Kier alpha value is -0.423. The molecule has 0 aliphatic rings. The number of unbranched alkanes of at least 4 members (excludes halogenated alkanes) is 4. The summed E-state index contributed by atoms with van der Waals surface area (Å²) < 4.78 is 17.2. The van der Waals surface area contributed by atoms with Crippen molar-refractivity contribution in [3.8, 4) is 0 Å². The predicted octanol–water partition coefficient (Wildman–Crippen LogP) is 4.64. The Morgan fingerprint density at radius 2 is 1.13 bits per heavy atom. The summed E-state index contributed by atoms with van der Waals surface area (Å²) >= 11 is 0. The zero-order valence-corrected chi connectivity index (χ0v) is 16.7. The van der Waals surface area contributed by atoms with Gasteiger partial charge in [0.1, 0.15) is 11.2 Å². The van der Waals surface area contributed by atoms with Gasteiger partial charge in [0.2, 0.25) is 0 Å². The van der Waals surface area contributed by atoms with Crippen LogP contribution in [-0.4, -0.2) is 30.3 Å². The fourth-order valence-corrected chi connectivity index (χ4v) is 4.13. The molecule has 0 rings (SSSR count). The first kappa shape index (κ1) is 22.6. The van der Waals surface area contributed by atoms with Crippen LogP contribution in [0.3, 0.4) is 0 Å². The Labute approximate surface area is 144 Å². The maximum Gasteiger partial charge on any atom is 0.765 e. The van der Waals surface area contributed by atoms with Crippen LogP contribution < -0.4 is 0 Å². The standard InChI is InChI=1S/C18H38O4Si/c1-5-9-13-17(19,14-10-6-2)18(15-11-7-3,16-12-8-4)22-23(20)21/h19-20H,5-16H2,1-4H3. The average Bonchev–Trinajstić information content (AvgIpc) is 2.53. The Morgan fingerprint density at radius 3 is 1.43 bits per heavy atom. The normalized spacial score (nSPS) is 12.4. The van der Waals surface area contributed by atoms with Crippen molar-refractivity contribution in [2.24, 2.45) is 0 Å². The summed E-state index contributed by atoms with van der Waals surface area (Å²) in [6.45, 7) is 8.42. The van der Waals surface area contributed by atoms with Gasteiger partial charge in [0.05, 0.1) is 0 Å². The van der Waals surface area contributed by atoms with Gasteiger partial charge >= 0.3 is 9.17 Å². The molecule has 0 bridgehead atoms. The summed E-state index contributed by atoms with van der Waals surface area (Å²) in [6, 6.07) is 0. The monoisotopic (exact) mass is 346 g/mol. The summed E-state index contributed by atoms with van der Waals surface area (Å²) in [4.78, 5) is 9.51. The van der Waals surface area contributed by atoms with Crippen molar-refractivity contribution in [1.82, 2.24) is 0 Å². The molecule has 4 nitrogen and oxygen atoms in total. The van der Waals surface area contributed by atoms with Crippen molar-refractivity contribution >= 4 is 9.17 Å². The molecule has 5 heteroatoms. The second-order valence-electron chi connectivity index (χ2n) is 6.81. The van der Waals surface area contributed by atoms with E-state index >= 15 is 0 Å². The molecule has 0 atom stereocenters. The average molecular weight is 347 g/mol. The van der Waals surface area contributed by atoms with Crippen LogP contribution in [0.15, 0.2) is 0 Å². The third-order valence-corrected chi connectivity index (χ3v) is 5.45. The third-order valence-electron chi connectivity index (χ3n) is 4.89. The second kappa shape index (κ2) is 12.0. The molecule has 0 fully saturated rings.